The molecule has 3 aromatic heterocycles. The molecule has 4 nitrogen and oxygen atoms in total. The number of hydrogen-bond acceptors (Lipinski definition) is 4. The fourth-order valence-corrected chi connectivity index (χ4v) is 10.1. The molecule has 0 bridgehead atoms. The highest BCUT2D eigenvalue weighted by atomic mass is 31.2. The van der Waals surface area contributed by atoms with Gasteiger partial charge in [0.25, 0.3) is 0 Å². The molecule has 10 aromatic rings. The first-order chi connectivity index (χ1) is 26.1. The third-order valence-electron chi connectivity index (χ3n) is 10.2. The van der Waals surface area contributed by atoms with Crippen LogP contribution in [0.1, 0.15) is 0 Å². The quantitative estimate of drug-likeness (QED) is 0.128. The van der Waals surface area contributed by atoms with E-state index in [1.165, 1.54) is 0 Å². The van der Waals surface area contributed by atoms with E-state index < -0.39 is 7.14 Å². The van der Waals surface area contributed by atoms with Gasteiger partial charge in [0, 0.05) is 48.6 Å². The minimum Gasteiger partial charge on any atom is -0.456 e. The summed E-state index contributed by atoms with van der Waals surface area (Å²) in [6, 6.07) is 63.1. The van der Waals surface area contributed by atoms with Crippen molar-refractivity contribution in [2.75, 3.05) is 0 Å². The Balaban J connectivity index is 1.08. The summed E-state index contributed by atoms with van der Waals surface area (Å²) in [4.78, 5) is 10.3. The summed E-state index contributed by atoms with van der Waals surface area (Å²) in [6.07, 6.45) is 0. The molecule has 250 valence electrons. The monoisotopic (exact) mass is 698 g/mol. The summed E-state index contributed by atoms with van der Waals surface area (Å²) in [6.45, 7) is 0. The number of furan rings is 1. The number of fused-ring (bicyclic) bond motifs is 6. The maximum absolute atomic E-state index is 15.0. The molecule has 0 saturated carbocycles. The van der Waals surface area contributed by atoms with Crippen molar-refractivity contribution in [2.24, 2.45) is 0 Å². The Labute approximate surface area is 306 Å². The van der Waals surface area contributed by atoms with E-state index in [1.54, 1.807) is 0 Å². The van der Waals surface area contributed by atoms with E-state index in [1.807, 2.05) is 109 Å². The van der Waals surface area contributed by atoms with Crippen LogP contribution < -0.4 is 15.9 Å². The third-order valence-corrected chi connectivity index (χ3v) is 13.2. The first-order valence-corrected chi connectivity index (χ1v) is 19.4. The largest absolute Gasteiger partial charge is 0.456 e. The van der Waals surface area contributed by atoms with Crippen molar-refractivity contribution in [3.05, 3.63) is 188 Å². The van der Waals surface area contributed by atoms with E-state index in [0.717, 1.165) is 93.3 Å². The number of aromatic nitrogens is 2. The van der Waals surface area contributed by atoms with Crippen LogP contribution in [0, 0.1) is 0 Å². The molecule has 53 heavy (non-hydrogen) atoms. The highest BCUT2D eigenvalue weighted by Crippen LogP contribution is 2.44. The summed E-state index contributed by atoms with van der Waals surface area (Å²) in [5, 5.41) is 6.58. The molecular weight excluding hydrogens is 668 g/mol. The molecule has 7 aromatic carbocycles. The van der Waals surface area contributed by atoms with Crippen LogP contribution in [0.15, 0.2) is 192 Å². The fraction of sp³-hybridized carbons (Fsp3) is 0. The number of benzene rings is 7. The minimum absolute atomic E-state index is 0.797. The average molecular weight is 699 g/mol. The van der Waals surface area contributed by atoms with E-state index in [2.05, 4.69) is 78.9 Å². The molecule has 0 fully saturated rings. The van der Waals surface area contributed by atoms with Crippen molar-refractivity contribution in [1.82, 2.24) is 9.97 Å². The molecule has 0 radical (unpaired) electrons. The normalized spacial score (nSPS) is 11.8. The van der Waals surface area contributed by atoms with Crippen LogP contribution >= 0.6 is 7.14 Å². The second kappa shape index (κ2) is 12.6. The smallest absolute Gasteiger partial charge is 0.171 e. The summed E-state index contributed by atoms with van der Waals surface area (Å²) < 4.78 is 21.4. The predicted molar refractivity (Wildman–Crippen MR) is 220 cm³/mol. The second-order valence-corrected chi connectivity index (χ2v) is 16.1. The Morgan fingerprint density at radius 2 is 0.943 bits per heavy atom. The van der Waals surface area contributed by atoms with Gasteiger partial charge in [-0.3, -0.25) is 0 Å². The Morgan fingerprint density at radius 3 is 1.57 bits per heavy atom. The van der Waals surface area contributed by atoms with Gasteiger partial charge in [-0.1, -0.05) is 152 Å². The lowest BCUT2D eigenvalue weighted by atomic mass is 9.98. The maximum atomic E-state index is 15.0. The molecular formula is C48H31N2O2P. The lowest BCUT2D eigenvalue weighted by molar-refractivity contribution is 0.592. The lowest BCUT2D eigenvalue weighted by Gasteiger charge is -2.20. The second-order valence-electron chi connectivity index (χ2n) is 13.3. The van der Waals surface area contributed by atoms with E-state index in [4.69, 9.17) is 14.4 Å². The van der Waals surface area contributed by atoms with E-state index in [0.29, 0.717) is 0 Å². The topological polar surface area (TPSA) is 56.0 Å². The standard InChI is InChI=1S/C48H31N2O2P/c51-53(37-13-6-2-7-14-37,38-15-8-3-9-16-38)39-26-21-32(22-27-39)40-17-10-18-45-46(40)41-31-36(25-30-44(41)52-45)43-29-24-35-20-19-34-23-28-42(33-11-4-1-5-12-33)49-47(34)48(35)50-43/h1-31H. The van der Waals surface area contributed by atoms with Gasteiger partial charge < -0.3 is 8.98 Å². The van der Waals surface area contributed by atoms with Crippen LogP contribution in [-0.4, -0.2) is 9.97 Å². The van der Waals surface area contributed by atoms with Crippen molar-refractivity contribution in [1.29, 1.82) is 0 Å². The molecule has 5 heteroatoms. The van der Waals surface area contributed by atoms with E-state index in [9.17, 15) is 4.57 Å². The molecule has 0 aliphatic heterocycles. The number of nitrogens with zero attached hydrogens (tertiary/aromatic N) is 2. The van der Waals surface area contributed by atoms with Crippen LogP contribution in [0.25, 0.3) is 77.4 Å². The Morgan fingerprint density at radius 1 is 0.415 bits per heavy atom. The molecule has 10 rings (SSSR count). The SMILES string of the molecule is O=P(c1ccccc1)(c1ccccc1)c1ccc(-c2cccc3oc4ccc(-c5ccc6ccc7ccc(-c8ccccc8)nc7c6n5)cc4c23)cc1. The van der Waals surface area contributed by atoms with Gasteiger partial charge in [0.15, 0.2) is 7.14 Å². The Bertz CT molecular complexity index is 2970. The number of rotatable bonds is 6. The van der Waals surface area contributed by atoms with Crippen LogP contribution in [-0.2, 0) is 4.57 Å². The molecule has 0 N–H and O–H groups in total. The summed E-state index contributed by atoms with van der Waals surface area (Å²) in [5.41, 5.74) is 9.32. The molecule has 0 atom stereocenters. The number of pyridine rings is 2. The van der Waals surface area contributed by atoms with Crippen molar-refractivity contribution >= 4 is 66.8 Å². The van der Waals surface area contributed by atoms with Gasteiger partial charge in [-0.05, 0) is 47.5 Å². The first-order valence-electron chi connectivity index (χ1n) is 17.7. The molecule has 0 unspecified atom stereocenters. The summed E-state index contributed by atoms with van der Waals surface area (Å²) in [5.74, 6) is 0. The summed E-state index contributed by atoms with van der Waals surface area (Å²) >= 11 is 0. The van der Waals surface area contributed by atoms with Crippen molar-refractivity contribution < 1.29 is 8.98 Å². The van der Waals surface area contributed by atoms with E-state index in [-0.39, 0.29) is 0 Å². The van der Waals surface area contributed by atoms with Gasteiger partial charge in [-0.25, -0.2) is 9.97 Å². The Kier molecular flexibility index (Phi) is 7.38. The van der Waals surface area contributed by atoms with Crippen LogP contribution in [0.3, 0.4) is 0 Å². The zero-order valence-electron chi connectivity index (χ0n) is 28.6. The van der Waals surface area contributed by atoms with E-state index >= 15 is 0 Å². The van der Waals surface area contributed by atoms with Gasteiger partial charge >= 0.3 is 0 Å². The van der Waals surface area contributed by atoms with Gasteiger partial charge in [-0.15, -0.1) is 0 Å². The van der Waals surface area contributed by atoms with Crippen LogP contribution in [0.2, 0.25) is 0 Å². The van der Waals surface area contributed by atoms with Crippen molar-refractivity contribution in [2.45, 2.75) is 0 Å². The minimum atomic E-state index is -3.09. The average Bonchev–Trinajstić information content (AvgIpc) is 3.62. The highest BCUT2D eigenvalue weighted by Gasteiger charge is 2.29. The first kappa shape index (κ1) is 31.2. The molecule has 0 amide bonds. The zero-order valence-corrected chi connectivity index (χ0v) is 29.5. The van der Waals surface area contributed by atoms with Gasteiger partial charge in [0.2, 0.25) is 0 Å². The molecule has 0 aliphatic carbocycles. The van der Waals surface area contributed by atoms with Crippen LogP contribution in [0.5, 0.6) is 0 Å². The lowest BCUT2D eigenvalue weighted by Crippen LogP contribution is -2.24. The van der Waals surface area contributed by atoms with Crippen LogP contribution in [0.4, 0.5) is 0 Å². The van der Waals surface area contributed by atoms with Gasteiger partial charge in [0.05, 0.1) is 22.4 Å². The third kappa shape index (κ3) is 5.27. The fourth-order valence-electron chi connectivity index (χ4n) is 7.50. The van der Waals surface area contributed by atoms with Crippen molar-refractivity contribution in [3.63, 3.8) is 0 Å². The highest BCUT2D eigenvalue weighted by molar-refractivity contribution is 7.85. The maximum Gasteiger partial charge on any atom is 0.171 e. The molecule has 0 saturated heterocycles. The zero-order chi connectivity index (χ0) is 35.4. The summed E-state index contributed by atoms with van der Waals surface area (Å²) in [7, 11) is -3.09. The van der Waals surface area contributed by atoms with Gasteiger partial charge in [0.1, 0.15) is 11.2 Å². The van der Waals surface area contributed by atoms with Crippen molar-refractivity contribution in [3.8, 4) is 33.6 Å². The van der Waals surface area contributed by atoms with Gasteiger partial charge in [-0.2, -0.15) is 0 Å². The molecule has 0 spiro atoms. The Hall–Kier alpha value is -6.61. The molecule has 3 heterocycles. The number of hydrogen-bond donors (Lipinski definition) is 0. The predicted octanol–water partition coefficient (Wildman–Crippen LogP) is 11.3. The molecule has 0 aliphatic rings.